The van der Waals surface area contributed by atoms with Crippen molar-refractivity contribution in [2.75, 3.05) is 5.32 Å². The van der Waals surface area contributed by atoms with Crippen molar-refractivity contribution in [1.82, 2.24) is 0 Å². The molecule has 0 saturated heterocycles. The summed E-state index contributed by atoms with van der Waals surface area (Å²) in [6, 6.07) is 3.21. The van der Waals surface area contributed by atoms with Gasteiger partial charge in [-0.2, -0.15) is 13.2 Å². The fraction of sp³-hybridized carbons (Fsp3) is 0.300. The predicted octanol–water partition coefficient (Wildman–Crippen LogP) is 4.08. The number of hydrogen-bond acceptors (Lipinski definition) is 1. The zero-order valence-electron chi connectivity index (χ0n) is 8.61. The number of carbonyl (C=O) groups excluding carboxylic acids is 1. The van der Waals surface area contributed by atoms with E-state index in [0.717, 1.165) is 12.1 Å². The maximum Gasteiger partial charge on any atom is 0.417 e. The highest BCUT2D eigenvalue weighted by molar-refractivity contribution is 9.10. The Morgan fingerprint density at radius 2 is 2.06 bits per heavy atom. The van der Waals surface area contributed by atoms with E-state index in [1.54, 1.807) is 6.92 Å². The van der Waals surface area contributed by atoms with Crippen LogP contribution in [0.4, 0.5) is 18.9 Å². The van der Waals surface area contributed by atoms with Crippen LogP contribution in [-0.2, 0) is 11.0 Å². The Bertz CT molecular complexity index is 434. The van der Waals surface area contributed by atoms with Crippen LogP contribution >= 0.6 is 27.5 Å². The standard InChI is InChI=1S/C10H8BrClF3NO/c1-5(11)9(17)16-6-2-3-8(12)7(4-6)10(13,14)15/h2-5H,1H3,(H,16,17). The molecule has 0 bridgehead atoms. The number of carbonyl (C=O) groups is 1. The van der Waals surface area contributed by atoms with E-state index in [0.29, 0.717) is 0 Å². The molecule has 7 heteroatoms. The Morgan fingerprint density at radius 1 is 1.47 bits per heavy atom. The largest absolute Gasteiger partial charge is 0.417 e. The summed E-state index contributed by atoms with van der Waals surface area (Å²) >= 11 is 8.45. The SMILES string of the molecule is CC(Br)C(=O)Nc1ccc(Cl)c(C(F)(F)F)c1. The normalized spacial score (nSPS) is 13.3. The Balaban J connectivity index is 3.01. The average molecular weight is 331 g/mol. The zero-order valence-corrected chi connectivity index (χ0v) is 10.9. The Hall–Kier alpha value is -0.750. The van der Waals surface area contributed by atoms with Gasteiger partial charge in [0.2, 0.25) is 5.91 Å². The molecule has 0 aromatic heterocycles. The van der Waals surface area contributed by atoms with Crippen LogP contribution in [0, 0.1) is 0 Å². The van der Waals surface area contributed by atoms with E-state index in [2.05, 4.69) is 21.2 Å². The van der Waals surface area contributed by atoms with E-state index in [1.165, 1.54) is 6.07 Å². The zero-order chi connectivity index (χ0) is 13.2. The van der Waals surface area contributed by atoms with Crippen LogP contribution < -0.4 is 5.32 Å². The minimum absolute atomic E-state index is 0.0537. The summed E-state index contributed by atoms with van der Waals surface area (Å²) in [5.41, 5.74) is -0.919. The van der Waals surface area contributed by atoms with Crippen molar-refractivity contribution >= 4 is 39.1 Å². The first kappa shape index (κ1) is 14.3. The second-order valence-electron chi connectivity index (χ2n) is 3.30. The van der Waals surface area contributed by atoms with Crippen LogP contribution in [0.5, 0.6) is 0 Å². The molecule has 2 nitrogen and oxygen atoms in total. The summed E-state index contributed by atoms with van der Waals surface area (Å²) in [6.45, 7) is 1.57. The van der Waals surface area contributed by atoms with Crippen molar-refractivity contribution in [3.8, 4) is 0 Å². The monoisotopic (exact) mass is 329 g/mol. The molecule has 0 aliphatic carbocycles. The van der Waals surface area contributed by atoms with E-state index >= 15 is 0 Å². The van der Waals surface area contributed by atoms with Crippen LogP contribution in [0.15, 0.2) is 18.2 Å². The molecule has 1 amide bonds. The van der Waals surface area contributed by atoms with Crippen molar-refractivity contribution in [1.29, 1.82) is 0 Å². The fourth-order valence-corrected chi connectivity index (χ4v) is 1.40. The third-order valence-corrected chi connectivity index (χ3v) is 2.65. The van der Waals surface area contributed by atoms with Gasteiger partial charge in [0.1, 0.15) is 0 Å². The number of benzene rings is 1. The molecule has 1 aromatic rings. The van der Waals surface area contributed by atoms with Crippen LogP contribution in [0.3, 0.4) is 0 Å². The molecule has 0 spiro atoms. The maximum absolute atomic E-state index is 12.5. The Kier molecular flexibility index (Phi) is 4.43. The minimum Gasteiger partial charge on any atom is -0.325 e. The number of halogens is 5. The summed E-state index contributed by atoms with van der Waals surface area (Å²) in [6.07, 6.45) is -4.54. The number of hydrogen-bond donors (Lipinski definition) is 1. The fourth-order valence-electron chi connectivity index (χ4n) is 1.06. The lowest BCUT2D eigenvalue weighted by Gasteiger charge is -2.12. The molecule has 1 atom stereocenters. The van der Waals surface area contributed by atoms with E-state index in [9.17, 15) is 18.0 Å². The molecule has 0 saturated carbocycles. The smallest absolute Gasteiger partial charge is 0.325 e. The topological polar surface area (TPSA) is 29.1 Å². The van der Waals surface area contributed by atoms with Gasteiger partial charge in [-0.15, -0.1) is 0 Å². The van der Waals surface area contributed by atoms with Gasteiger partial charge < -0.3 is 5.32 Å². The van der Waals surface area contributed by atoms with Crippen LogP contribution in [0.2, 0.25) is 5.02 Å². The van der Waals surface area contributed by atoms with Gasteiger partial charge in [-0.05, 0) is 25.1 Å². The highest BCUT2D eigenvalue weighted by atomic mass is 79.9. The van der Waals surface area contributed by atoms with E-state index < -0.39 is 27.5 Å². The number of alkyl halides is 4. The quantitative estimate of drug-likeness (QED) is 0.813. The third kappa shape index (κ3) is 3.89. The number of amides is 1. The van der Waals surface area contributed by atoms with Gasteiger partial charge in [0, 0.05) is 5.69 Å². The Morgan fingerprint density at radius 3 is 2.53 bits per heavy atom. The minimum atomic E-state index is -4.54. The van der Waals surface area contributed by atoms with E-state index in [-0.39, 0.29) is 5.69 Å². The molecule has 1 unspecified atom stereocenters. The summed E-state index contributed by atoms with van der Waals surface area (Å²) in [4.78, 5) is 10.8. The number of nitrogens with one attached hydrogen (secondary N) is 1. The number of anilines is 1. The molecule has 0 aliphatic rings. The van der Waals surface area contributed by atoms with Gasteiger partial charge in [0.15, 0.2) is 0 Å². The van der Waals surface area contributed by atoms with Crippen LogP contribution in [0.25, 0.3) is 0 Å². The van der Waals surface area contributed by atoms with Crippen molar-refractivity contribution in [2.45, 2.75) is 17.9 Å². The molecule has 0 heterocycles. The summed E-state index contributed by atoms with van der Waals surface area (Å²) in [5.74, 6) is -0.430. The van der Waals surface area contributed by atoms with Crippen molar-refractivity contribution in [3.05, 3.63) is 28.8 Å². The molecule has 94 valence electrons. The molecule has 1 rings (SSSR count). The first-order valence-electron chi connectivity index (χ1n) is 4.53. The van der Waals surface area contributed by atoms with Crippen molar-refractivity contribution < 1.29 is 18.0 Å². The predicted molar refractivity (Wildman–Crippen MR) is 63.5 cm³/mol. The molecule has 1 aromatic carbocycles. The molecular weight excluding hydrogens is 322 g/mol. The lowest BCUT2D eigenvalue weighted by atomic mass is 10.2. The van der Waals surface area contributed by atoms with Crippen LogP contribution in [0.1, 0.15) is 12.5 Å². The first-order chi connectivity index (χ1) is 7.71. The summed E-state index contributed by atoms with van der Waals surface area (Å²) in [5, 5.41) is 1.94. The van der Waals surface area contributed by atoms with E-state index in [1.807, 2.05) is 0 Å². The molecule has 0 radical (unpaired) electrons. The second-order valence-corrected chi connectivity index (χ2v) is 5.08. The van der Waals surface area contributed by atoms with Crippen LogP contribution in [-0.4, -0.2) is 10.7 Å². The Labute approximate surface area is 109 Å². The molecule has 17 heavy (non-hydrogen) atoms. The van der Waals surface area contributed by atoms with Gasteiger partial charge in [0.05, 0.1) is 15.4 Å². The molecule has 1 N–H and O–H groups in total. The molecule has 0 aliphatic heterocycles. The highest BCUT2D eigenvalue weighted by Crippen LogP contribution is 2.36. The molecular formula is C10H8BrClF3NO. The van der Waals surface area contributed by atoms with Gasteiger partial charge >= 0.3 is 6.18 Å². The van der Waals surface area contributed by atoms with Gasteiger partial charge in [-0.25, -0.2) is 0 Å². The van der Waals surface area contributed by atoms with Crippen molar-refractivity contribution in [2.24, 2.45) is 0 Å². The van der Waals surface area contributed by atoms with Crippen molar-refractivity contribution in [3.63, 3.8) is 0 Å². The lowest BCUT2D eigenvalue weighted by Crippen LogP contribution is -2.20. The molecule has 0 fully saturated rings. The highest BCUT2D eigenvalue weighted by Gasteiger charge is 2.33. The van der Waals surface area contributed by atoms with Gasteiger partial charge in [-0.1, -0.05) is 27.5 Å². The first-order valence-corrected chi connectivity index (χ1v) is 5.83. The maximum atomic E-state index is 12.5. The summed E-state index contributed by atoms with van der Waals surface area (Å²) in [7, 11) is 0. The lowest BCUT2D eigenvalue weighted by molar-refractivity contribution is -0.137. The number of rotatable bonds is 2. The summed E-state index contributed by atoms with van der Waals surface area (Å²) < 4.78 is 37.6. The second kappa shape index (κ2) is 5.27. The average Bonchev–Trinajstić information content (AvgIpc) is 2.19. The van der Waals surface area contributed by atoms with Gasteiger partial charge in [-0.3, -0.25) is 4.79 Å². The third-order valence-electron chi connectivity index (χ3n) is 1.90. The van der Waals surface area contributed by atoms with Gasteiger partial charge in [0.25, 0.3) is 0 Å². The van der Waals surface area contributed by atoms with E-state index in [4.69, 9.17) is 11.6 Å².